The molecule has 0 saturated heterocycles. The molecule has 21 heavy (non-hydrogen) atoms. The van der Waals surface area contributed by atoms with Gasteiger partial charge in [-0.1, -0.05) is 23.7 Å². The molecule has 2 aromatic carbocycles. The zero-order valence-electron chi connectivity index (χ0n) is 12.0. The van der Waals surface area contributed by atoms with Crippen LogP contribution in [0.25, 0.3) is 0 Å². The number of thioether (sulfide) groups is 1. The van der Waals surface area contributed by atoms with Gasteiger partial charge in [0.2, 0.25) is 0 Å². The number of hydrogen-bond donors (Lipinski definition) is 1. The summed E-state index contributed by atoms with van der Waals surface area (Å²) >= 11 is 7.78. The van der Waals surface area contributed by atoms with Crippen molar-refractivity contribution in [2.75, 3.05) is 20.0 Å². The maximum atomic E-state index is 6.29. The number of ether oxygens (including phenoxy) is 2. The molecule has 5 heteroatoms. The summed E-state index contributed by atoms with van der Waals surface area (Å²) in [6, 6.07) is 13.2. The van der Waals surface area contributed by atoms with Crippen molar-refractivity contribution >= 4 is 23.4 Å². The summed E-state index contributed by atoms with van der Waals surface area (Å²) < 4.78 is 10.6. The Morgan fingerprint density at radius 1 is 1.14 bits per heavy atom. The molecule has 3 nitrogen and oxygen atoms in total. The lowest BCUT2D eigenvalue weighted by molar-refractivity contribution is 0.396. The lowest BCUT2D eigenvalue weighted by Gasteiger charge is -2.16. The van der Waals surface area contributed by atoms with Crippen molar-refractivity contribution in [2.45, 2.75) is 10.9 Å². The molecule has 0 aliphatic rings. The van der Waals surface area contributed by atoms with E-state index in [1.165, 1.54) is 0 Å². The standard InChI is InChI=1S/C16H18ClNO2S/c1-19-11-7-8-15(20-2)12(9-11)14(18)10-21-16-6-4-3-5-13(16)17/h3-9,14H,10,18H2,1-2H3. The van der Waals surface area contributed by atoms with E-state index in [0.29, 0.717) is 5.75 Å². The number of benzene rings is 2. The van der Waals surface area contributed by atoms with Crippen molar-refractivity contribution in [3.8, 4) is 11.5 Å². The van der Waals surface area contributed by atoms with E-state index in [-0.39, 0.29) is 6.04 Å². The average Bonchev–Trinajstić information content (AvgIpc) is 2.53. The zero-order valence-corrected chi connectivity index (χ0v) is 13.6. The van der Waals surface area contributed by atoms with E-state index in [4.69, 9.17) is 26.8 Å². The third-order valence-corrected chi connectivity index (χ3v) is 4.73. The first-order valence-electron chi connectivity index (χ1n) is 6.50. The van der Waals surface area contributed by atoms with E-state index in [0.717, 1.165) is 27.0 Å². The largest absolute Gasteiger partial charge is 0.497 e. The number of methoxy groups -OCH3 is 2. The van der Waals surface area contributed by atoms with E-state index in [2.05, 4.69) is 0 Å². The Morgan fingerprint density at radius 2 is 1.90 bits per heavy atom. The van der Waals surface area contributed by atoms with Crippen LogP contribution in [0.3, 0.4) is 0 Å². The second-order valence-corrected chi connectivity index (χ2v) is 5.92. The van der Waals surface area contributed by atoms with E-state index in [1.807, 2.05) is 42.5 Å². The summed E-state index contributed by atoms with van der Waals surface area (Å²) in [4.78, 5) is 1.02. The molecule has 0 aromatic heterocycles. The van der Waals surface area contributed by atoms with Gasteiger partial charge < -0.3 is 15.2 Å². The van der Waals surface area contributed by atoms with Crippen LogP contribution in [0.15, 0.2) is 47.4 Å². The van der Waals surface area contributed by atoms with Crippen molar-refractivity contribution < 1.29 is 9.47 Å². The second kappa shape index (κ2) is 7.59. The first-order chi connectivity index (χ1) is 10.2. The van der Waals surface area contributed by atoms with Crippen molar-refractivity contribution in [1.29, 1.82) is 0 Å². The number of rotatable bonds is 6. The Morgan fingerprint density at radius 3 is 2.57 bits per heavy atom. The third-order valence-electron chi connectivity index (χ3n) is 3.09. The van der Waals surface area contributed by atoms with Crippen LogP contribution in [0.2, 0.25) is 5.02 Å². The molecule has 1 atom stereocenters. The second-order valence-electron chi connectivity index (χ2n) is 4.46. The molecule has 0 spiro atoms. The van der Waals surface area contributed by atoms with Gasteiger partial charge in [-0.15, -0.1) is 11.8 Å². The van der Waals surface area contributed by atoms with E-state index in [9.17, 15) is 0 Å². The van der Waals surface area contributed by atoms with Gasteiger partial charge in [0.1, 0.15) is 11.5 Å². The Bertz CT molecular complexity index is 607. The number of halogens is 1. The Hall–Kier alpha value is -1.36. The predicted molar refractivity (Wildman–Crippen MR) is 88.7 cm³/mol. The summed E-state index contributed by atoms with van der Waals surface area (Å²) in [7, 11) is 3.27. The highest BCUT2D eigenvalue weighted by Crippen LogP contribution is 2.33. The molecule has 2 N–H and O–H groups in total. The lowest BCUT2D eigenvalue weighted by Crippen LogP contribution is -2.14. The van der Waals surface area contributed by atoms with Crippen LogP contribution in [0.5, 0.6) is 11.5 Å². The molecule has 2 rings (SSSR count). The monoisotopic (exact) mass is 323 g/mol. The summed E-state index contributed by atoms with van der Waals surface area (Å²) in [5.74, 6) is 2.24. The van der Waals surface area contributed by atoms with Crippen LogP contribution in [0.1, 0.15) is 11.6 Å². The molecule has 0 heterocycles. The molecule has 0 aliphatic heterocycles. The topological polar surface area (TPSA) is 44.5 Å². The van der Waals surface area contributed by atoms with Gasteiger partial charge >= 0.3 is 0 Å². The fraction of sp³-hybridized carbons (Fsp3) is 0.250. The number of hydrogen-bond acceptors (Lipinski definition) is 4. The third kappa shape index (κ3) is 4.06. The van der Waals surface area contributed by atoms with Gasteiger partial charge in [-0.25, -0.2) is 0 Å². The van der Waals surface area contributed by atoms with Crippen LogP contribution in [-0.4, -0.2) is 20.0 Å². The molecule has 0 bridgehead atoms. The molecule has 0 aliphatic carbocycles. The lowest BCUT2D eigenvalue weighted by atomic mass is 10.1. The molecule has 0 radical (unpaired) electrons. The van der Waals surface area contributed by atoms with Crippen LogP contribution >= 0.6 is 23.4 Å². The summed E-state index contributed by atoms with van der Waals surface area (Å²) in [5.41, 5.74) is 7.22. The minimum absolute atomic E-state index is 0.170. The number of nitrogens with two attached hydrogens (primary N) is 1. The van der Waals surface area contributed by atoms with Gasteiger partial charge in [-0.3, -0.25) is 0 Å². The van der Waals surface area contributed by atoms with E-state index >= 15 is 0 Å². The van der Waals surface area contributed by atoms with Crippen LogP contribution < -0.4 is 15.2 Å². The maximum absolute atomic E-state index is 6.29. The van der Waals surface area contributed by atoms with Gasteiger partial charge in [0.05, 0.1) is 19.2 Å². The highest BCUT2D eigenvalue weighted by Gasteiger charge is 2.14. The maximum Gasteiger partial charge on any atom is 0.123 e. The highest BCUT2D eigenvalue weighted by atomic mass is 35.5. The Labute approximate surface area is 134 Å². The van der Waals surface area contributed by atoms with Crippen molar-refractivity contribution in [1.82, 2.24) is 0 Å². The molecule has 0 saturated carbocycles. The summed E-state index contributed by atoms with van der Waals surface area (Å²) in [6.45, 7) is 0. The normalized spacial score (nSPS) is 12.0. The SMILES string of the molecule is COc1ccc(OC)c(C(N)CSc2ccccc2Cl)c1. The van der Waals surface area contributed by atoms with Crippen LogP contribution in [-0.2, 0) is 0 Å². The summed E-state index contributed by atoms with van der Waals surface area (Å²) in [5, 5.41) is 0.743. The molecular weight excluding hydrogens is 306 g/mol. The van der Waals surface area contributed by atoms with E-state index in [1.54, 1.807) is 26.0 Å². The van der Waals surface area contributed by atoms with Crippen molar-refractivity contribution in [3.63, 3.8) is 0 Å². The van der Waals surface area contributed by atoms with Crippen molar-refractivity contribution in [3.05, 3.63) is 53.1 Å². The molecule has 2 aromatic rings. The average molecular weight is 324 g/mol. The Balaban J connectivity index is 2.13. The van der Waals surface area contributed by atoms with Crippen LogP contribution in [0.4, 0.5) is 0 Å². The molecule has 0 fully saturated rings. The van der Waals surface area contributed by atoms with Gasteiger partial charge in [0, 0.05) is 22.3 Å². The fourth-order valence-corrected chi connectivity index (χ4v) is 3.18. The minimum atomic E-state index is -0.170. The predicted octanol–water partition coefficient (Wildman–Crippen LogP) is 4.15. The quantitative estimate of drug-likeness (QED) is 0.811. The van der Waals surface area contributed by atoms with Gasteiger partial charge in [-0.05, 0) is 30.3 Å². The molecule has 1 unspecified atom stereocenters. The molecule has 0 amide bonds. The molecule has 112 valence electrons. The van der Waals surface area contributed by atoms with Gasteiger partial charge in [-0.2, -0.15) is 0 Å². The fourth-order valence-electron chi connectivity index (χ4n) is 1.96. The Kier molecular flexibility index (Phi) is 5.79. The first-order valence-corrected chi connectivity index (χ1v) is 7.87. The van der Waals surface area contributed by atoms with Crippen molar-refractivity contribution in [2.24, 2.45) is 5.73 Å². The van der Waals surface area contributed by atoms with Crippen LogP contribution in [0, 0.1) is 0 Å². The highest BCUT2D eigenvalue weighted by molar-refractivity contribution is 7.99. The summed E-state index contributed by atoms with van der Waals surface area (Å²) in [6.07, 6.45) is 0. The molecular formula is C16H18ClNO2S. The van der Waals surface area contributed by atoms with Gasteiger partial charge in [0.15, 0.2) is 0 Å². The van der Waals surface area contributed by atoms with Gasteiger partial charge in [0.25, 0.3) is 0 Å². The minimum Gasteiger partial charge on any atom is -0.497 e. The first kappa shape index (κ1) is 16.0. The smallest absolute Gasteiger partial charge is 0.123 e. The zero-order chi connectivity index (χ0) is 15.2. The van der Waals surface area contributed by atoms with E-state index < -0.39 is 0 Å².